The molecule has 1 saturated heterocycles. The number of rotatable bonds is 4. The molecule has 34 heavy (non-hydrogen) atoms. The lowest BCUT2D eigenvalue weighted by Gasteiger charge is -2.37. The van der Waals surface area contributed by atoms with E-state index in [0.717, 1.165) is 65.6 Å². The Morgan fingerprint density at radius 1 is 1.12 bits per heavy atom. The van der Waals surface area contributed by atoms with Crippen molar-refractivity contribution in [2.75, 3.05) is 32.1 Å². The minimum absolute atomic E-state index is 0.103. The van der Waals surface area contributed by atoms with Crippen molar-refractivity contribution in [3.8, 4) is 16.9 Å². The third-order valence-electron chi connectivity index (χ3n) is 8.65. The molecule has 2 aromatic rings. The van der Waals surface area contributed by atoms with E-state index in [9.17, 15) is 4.79 Å². The van der Waals surface area contributed by atoms with Crippen molar-refractivity contribution >= 4 is 11.8 Å². The summed E-state index contributed by atoms with van der Waals surface area (Å²) >= 11 is 0. The summed E-state index contributed by atoms with van der Waals surface area (Å²) in [5, 5.41) is 4.82. The van der Waals surface area contributed by atoms with E-state index in [1.807, 2.05) is 6.20 Å². The van der Waals surface area contributed by atoms with Gasteiger partial charge in [0, 0.05) is 42.0 Å². The van der Waals surface area contributed by atoms with Gasteiger partial charge >= 0.3 is 6.09 Å². The first-order chi connectivity index (χ1) is 16.5. The topological polar surface area (TPSA) is 59.8 Å². The maximum Gasteiger partial charge on any atom is 0.414 e. The molecule has 0 radical (unpaired) electrons. The molecule has 3 fully saturated rings. The van der Waals surface area contributed by atoms with Gasteiger partial charge in [-0.05, 0) is 82.9 Å². The number of nitrogens with zero attached hydrogens (tertiary/aromatic N) is 4. The Kier molecular flexibility index (Phi) is 5.55. The Balaban J connectivity index is 1.34. The van der Waals surface area contributed by atoms with Gasteiger partial charge in [-0.2, -0.15) is 5.10 Å². The van der Waals surface area contributed by atoms with Gasteiger partial charge in [0.15, 0.2) is 0 Å². The third kappa shape index (κ3) is 3.69. The van der Waals surface area contributed by atoms with E-state index in [1.54, 1.807) is 4.90 Å². The summed E-state index contributed by atoms with van der Waals surface area (Å²) in [4.78, 5) is 16.8. The molecule has 3 heterocycles. The lowest BCUT2D eigenvalue weighted by Crippen LogP contribution is -2.42. The second-order valence-electron chi connectivity index (χ2n) is 10.9. The van der Waals surface area contributed by atoms with Crippen LogP contribution >= 0.6 is 0 Å². The van der Waals surface area contributed by atoms with Crippen molar-refractivity contribution in [3.05, 3.63) is 30.1 Å². The number of fused-ring (bicyclic) bond motifs is 2. The van der Waals surface area contributed by atoms with E-state index in [4.69, 9.17) is 14.6 Å². The molecule has 7 nitrogen and oxygen atoms in total. The summed E-state index contributed by atoms with van der Waals surface area (Å²) in [6.45, 7) is 4.52. The molecule has 1 aromatic heterocycles. The van der Waals surface area contributed by atoms with Crippen LogP contribution < -0.4 is 9.64 Å². The molecule has 182 valence electrons. The number of methoxy groups -OCH3 is 1. The van der Waals surface area contributed by atoms with Crippen LogP contribution in [0.4, 0.5) is 10.5 Å². The lowest BCUT2D eigenvalue weighted by molar-refractivity contribution is 0.119. The molecule has 2 aliphatic heterocycles. The van der Waals surface area contributed by atoms with E-state index in [2.05, 4.69) is 41.9 Å². The second-order valence-corrected chi connectivity index (χ2v) is 10.9. The summed E-state index contributed by atoms with van der Waals surface area (Å²) in [6, 6.07) is 4.77. The summed E-state index contributed by atoms with van der Waals surface area (Å²) in [5.74, 6) is 2.54. The van der Waals surface area contributed by atoms with Gasteiger partial charge in [0.2, 0.25) is 0 Å². The minimum atomic E-state index is -0.305. The number of hydrogen-bond donors (Lipinski definition) is 0. The standard InChI is InChI=1S/C27H36N4O3/c1-17-7-8-24-25(31(17)27(32)33-3)10-9-23(26(24)34-22-5-4-6-22)20-13-28-30(16-20)21-11-18-14-29(2)15-19(18)12-21/h9-10,13,16-19,21-22H,4-8,11-12,14-15H2,1-3H3/t17-,18+,19+/m0/s1. The number of amides is 1. The summed E-state index contributed by atoms with van der Waals surface area (Å²) in [7, 11) is 3.69. The number of carbonyl (C=O) groups excluding carboxylic acids is 1. The number of anilines is 1. The summed E-state index contributed by atoms with van der Waals surface area (Å²) in [5.41, 5.74) is 4.24. The van der Waals surface area contributed by atoms with Crippen LogP contribution in [-0.4, -0.2) is 60.2 Å². The molecule has 0 spiro atoms. The van der Waals surface area contributed by atoms with Gasteiger partial charge in [-0.25, -0.2) is 4.79 Å². The lowest BCUT2D eigenvalue weighted by atomic mass is 9.91. The maximum absolute atomic E-state index is 12.6. The minimum Gasteiger partial charge on any atom is -0.489 e. The zero-order chi connectivity index (χ0) is 23.4. The van der Waals surface area contributed by atoms with Gasteiger partial charge in [-0.3, -0.25) is 9.58 Å². The predicted octanol–water partition coefficient (Wildman–Crippen LogP) is 4.90. The highest BCUT2D eigenvalue weighted by atomic mass is 16.5. The van der Waals surface area contributed by atoms with Crippen LogP contribution in [0.5, 0.6) is 5.75 Å². The van der Waals surface area contributed by atoms with Crippen LogP contribution in [0.3, 0.4) is 0 Å². The molecule has 6 rings (SSSR count). The molecule has 4 aliphatic rings. The van der Waals surface area contributed by atoms with Crippen molar-refractivity contribution < 1.29 is 14.3 Å². The molecule has 3 atom stereocenters. The number of likely N-dealkylation sites (tertiary alicyclic amines) is 1. The van der Waals surface area contributed by atoms with E-state index in [0.29, 0.717) is 6.04 Å². The van der Waals surface area contributed by atoms with E-state index in [-0.39, 0.29) is 18.2 Å². The largest absolute Gasteiger partial charge is 0.489 e. The fourth-order valence-electron chi connectivity index (χ4n) is 6.59. The van der Waals surface area contributed by atoms with Gasteiger partial charge in [0.25, 0.3) is 0 Å². The molecule has 1 amide bonds. The summed E-state index contributed by atoms with van der Waals surface area (Å²) < 4.78 is 13.9. The Hall–Kier alpha value is -2.54. The van der Waals surface area contributed by atoms with Crippen LogP contribution in [0.1, 0.15) is 57.1 Å². The zero-order valence-electron chi connectivity index (χ0n) is 20.6. The van der Waals surface area contributed by atoms with Crippen molar-refractivity contribution in [2.45, 2.75) is 70.1 Å². The highest BCUT2D eigenvalue weighted by Gasteiger charge is 2.41. The van der Waals surface area contributed by atoms with E-state index in [1.165, 1.54) is 39.5 Å². The first-order valence-electron chi connectivity index (χ1n) is 12.9. The average Bonchev–Trinajstić information content (AvgIpc) is 3.50. The van der Waals surface area contributed by atoms with Crippen LogP contribution in [-0.2, 0) is 11.2 Å². The highest BCUT2D eigenvalue weighted by Crippen LogP contribution is 2.46. The Morgan fingerprint density at radius 3 is 2.56 bits per heavy atom. The van der Waals surface area contributed by atoms with Gasteiger partial charge in [0.05, 0.1) is 31.1 Å². The van der Waals surface area contributed by atoms with E-state index < -0.39 is 0 Å². The molecule has 2 aliphatic carbocycles. The first-order valence-corrected chi connectivity index (χ1v) is 12.9. The van der Waals surface area contributed by atoms with Gasteiger partial charge in [-0.1, -0.05) is 0 Å². The SMILES string of the molecule is COC(=O)N1c2ccc(-c3cnn(C4C[C@@H]5CN(C)C[C@H]5C4)c3)c(OC3CCC3)c2CC[C@@H]1C. The van der Waals surface area contributed by atoms with Crippen LogP contribution in [0.2, 0.25) is 0 Å². The number of carbonyl (C=O) groups is 1. The highest BCUT2D eigenvalue weighted by molar-refractivity contribution is 5.92. The Morgan fingerprint density at radius 2 is 1.88 bits per heavy atom. The first kappa shape index (κ1) is 22.0. The molecule has 7 heteroatoms. The van der Waals surface area contributed by atoms with Crippen LogP contribution in [0, 0.1) is 11.8 Å². The Bertz CT molecular complexity index is 1060. The molecule has 0 unspecified atom stereocenters. The number of benzene rings is 1. The van der Waals surface area contributed by atoms with Crippen molar-refractivity contribution in [1.29, 1.82) is 0 Å². The normalized spacial score (nSPS) is 27.4. The van der Waals surface area contributed by atoms with E-state index >= 15 is 0 Å². The number of hydrogen-bond acceptors (Lipinski definition) is 5. The summed E-state index contributed by atoms with van der Waals surface area (Å²) in [6.07, 6.45) is 11.8. The molecule has 0 N–H and O–H groups in total. The fraction of sp³-hybridized carbons (Fsp3) is 0.630. The number of ether oxygens (including phenoxy) is 2. The quantitative estimate of drug-likeness (QED) is 0.644. The molecular formula is C27H36N4O3. The fourth-order valence-corrected chi connectivity index (χ4v) is 6.59. The van der Waals surface area contributed by atoms with Crippen LogP contribution in [0.15, 0.2) is 24.5 Å². The molecule has 2 saturated carbocycles. The number of aromatic nitrogens is 2. The third-order valence-corrected chi connectivity index (χ3v) is 8.65. The van der Waals surface area contributed by atoms with Crippen molar-refractivity contribution in [2.24, 2.45) is 11.8 Å². The van der Waals surface area contributed by atoms with Crippen molar-refractivity contribution in [3.63, 3.8) is 0 Å². The van der Waals surface area contributed by atoms with Gasteiger partial charge in [0.1, 0.15) is 5.75 Å². The maximum atomic E-state index is 12.6. The smallest absolute Gasteiger partial charge is 0.414 e. The molecule has 1 aromatic carbocycles. The van der Waals surface area contributed by atoms with Gasteiger partial charge < -0.3 is 14.4 Å². The predicted molar refractivity (Wildman–Crippen MR) is 131 cm³/mol. The molecule has 0 bridgehead atoms. The molecular weight excluding hydrogens is 428 g/mol. The average molecular weight is 465 g/mol. The van der Waals surface area contributed by atoms with Gasteiger partial charge in [-0.15, -0.1) is 0 Å². The second kappa shape index (κ2) is 8.59. The van der Waals surface area contributed by atoms with Crippen molar-refractivity contribution in [1.82, 2.24) is 14.7 Å². The zero-order valence-corrected chi connectivity index (χ0v) is 20.6. The Labute approximate surface area is 202 Å². The monoisotopic (exact) mass is 464 g/mol. The van der Waals surface area contributed by atoms with Crippen LogP contribution in [0.25, 0.3) is 11.1 Å².